The van der Waals surface area contributed by atoms with Crippen LogP contribution in [0.5, 0.6) is 0 Å². The molecule has 0 saturated heterocycles. The Morgan fingerprint density at radius 3 is 2.60 bits per heavy atom. The van der Waals surface area contributed by atoms with Gasteiger partial charge in [-0.1, -0.05) is 11.6 Å². The van der Waals surface area contributed by atoms with Crippen LogP contribution in [-0.2, 0) is 9.53 Å². The average Bonchev–Trinajstić information content (AvgIpc) is 2.45. The number of benzene rings is 1. The third kappa shape index (κ3) is 5.71. The fourth-order valence-electron chi connectivity index (χ4n) is 1.68. The van der Waals surface area contributed by atoms with Gasteiger partial charge in [-0.25, -0.2) is 0 Å². The van der Waals surface area contributed by atoms with E-state index in [9.17, 15) is 4.79 Å². The van der Waals surface area contributed by atoms with Crippen LogP contribution in [0.2, 0.25) is 5.02 Å². The molecule has 0 aromatic heterocycles. The van der Waals surface area contributed by atoms with Crippen molar-refractivity contribution in [3.8, 4) is 0 Å². The summed E-state index contributed by atoms with van der Waals surface area (Å²) in [6.07, 6.45) is 0. The normalized spacial score (nSPS) is 12.2. The van der Waals surface area contributed by atoms with Gasteiger partial charge in [0.25, 0.3) is 0 Å². The molecule has 0 spiro atoms. The molecule has 1 aromatic carbocycles. The monoisotopic (exact) mass is 317 g/mol. The molecule has 0 radical (unpaired) electrons. The quantitative estimate of drug-likeness (QED) is 0.747. The number of nitrogens with zero attached hydrogens (tertiary/aromatic N) is 1. The van der Waals surface area contributed by atoms with E-state index in [-0.39, 0.29) is 17.8 Å². The van der Waals surface area contributed by atoms with Crippen LogP contribution in [0.4, 0.5) is 0 Å². The molecule has 4 nitrogen and oxygen atoms in total. The Morgan fingerprint density at radius 2 is 2.05 bits per heavy atom. The first-order valence-electron chi connectivity index (χ1n) is 6.39. The van der Waals surface area contributed by atoms with Crippen molar-refractivity contribution in [3.05, 3.63) is 29.3 Å². The maximum Gasteiger partial charge on any atom is 0.235 e. The van der Waals surface area contributed by atoms with Gasteiger partial charge < -0.3 is 14.7 Å². The number of methoxy groups -OCH3 is 1. The van der Waals surface area contributed by atoms with E-state index in [0.29, 0.717) is 24.7 Å². The Labute approximate surface area is 129 Å². The van der Waals surface area contributed by atoms with E-state index in [1.54, 1.807) is 24.1 Å². The van der Waals surface area contributed by atoms with Crippen molar-refractivity contribution < 1.29 is 14.6 Å². The van der Waals surface area contributed by atoms with Crippen molar-refractivity contribution in [1.82, 2.24) is 4.90 Å². The molecule has 0 fully saturated rings. The predicted octanol–water partition coefficient (Wildman–Crippen LogP) is 2.29. The summed E-state index contributed by atoms with van der Waals surface area (Å²) < 4.78 is 4.98. The zero-order valence-corrected chi connectivity index (χ0v) is 13.3. The van der Waals surface area contributed by atoms with Crippen molar-refractivity contribution in [2.45, 2.75) is 17.1 Å². The molecule has 1 atom stereocenters. The van der Waals surface area contributed by atoms with Crippen molar-refractivity contribution in [2.75, 3.05) is 33.4 Å². The van der Waals surface area contributed by atoms with E-state index < -0.39 is 0 Å². The van der Waals surface area contributed by atoms with Gasteiger partial charge in [-0.3, -0.25) is 4.79 Å². The van der Waals surface area contributed by atoms with Crippen LogP contribution in [0.15, 0.2) is 29.2 Å². The van der Waals surface area contributed by atoms with Gasteiger partial charge in [-0.15, -0.1) is 11.8 Å². The smallest absolute Gasteiger partial charge is 0.235 e. The molecule has 1 rings (SSSR count). The summed E-state index contributed by atoms with van der Waals surface area (Å²) in [5.41, 5.74) is 0. The van der Waals surface area contributed by atoms with E-state index in [4.69, 9.17) is 21.4 Å². The molecule has 0 aliphatic heterocycles. The lowest BCUT2D eigenvalue weighted by Gasteiger charge is -2.24. The number of aliphatic hydroxyl groups is 1. The highest BCUT2D eigenvalue weighted by Crippen LogP contribution is 2.25. The highest BCUT2D eigenvalue weighted by Gasteiger charge is 2.20. The molecule has 20 heavy (non-hydrogen) atoms. The van der Waals surface area contributed by atoms with Gasteiger partial charge >= 0.3 is 0 Å². The van der Waals surface area contributed by atoms with Gasteiger partial charge in [0.1, 0.15) is 0 Å². The number of aliphatic hydroxyl groups excluding tert-OH is 1. The Bertz CT molecular complexity index is 413. The summed E-state index contributed by atoms with van der Waals surface area (Å²) in [5, 5.41) is 9.48. The SMILES string of the molecule is COCCN(CCO)C(=O)C(C)Sc1ccc(Cl)cc1. The first-order valence-corrected chi connectivity index (χ1v) is 7.65. The van der Waals surface area contributed by atoms with Crippen LogP contribution < -0.4 is 0 Å². The summed E-state index contributed by atoms with van der Waals surface area (Å²) >= 11 is 7.31. The molecule has 0 aliphatic carbocycles. The number of carbonyl (C=O) groups excluding carboxylic acids is 1. The summed E-state index contributed by atoms with van der Waals surface area (Å²) in [4.78, 5) is 14.9. The van der Waals surface area contributed by atoms with Crippen molar-refractivity contribution in [3.63, 3.8) is 0 Å². The van der Waals surface area contributed by atoms with Crippen LogP contribution in [0, 0.1) is 0 Å². The van der Waals surface area contributed by atoms with Gasteiger partial charge in [0.05, 0.1) is 18.5 Å². The maximum absolute atomic E-state index is 12.3. The van der Waals surface area contributed by atoms with Gasteiger partial charge in [0.2, 0.25) is 5.91 Å². The van der Waals surface area contributed by atoms with Crippen LogP contribution in [0.1, 0.15) is 6.92 Å². The number of hydrogen-bond donors (Lipinski definition) is 1. The van der Waals surface area contributed by atoms with Gasteiger partial charge in [-0.05, 0) is 31.2 Å². The molecule has 1 N–H and O–H groups in total. The first kappa shape index (κ1) is 17.3. The minimum Gasteiger partial charge on any atom is -0.395 e. The van der Waals surface area contributed by atoms with E-state index in [1.165, 1.54) is 11.8 Å². The van der Waals surface area contributed by atoms with Gasteiger partial charge in [0, 0.05) is 30.1 Å². The Balaban J connectivity index is 2.60. The number of amides is 1. The van der Waals surface area contributed by atoms with Crippen LogP contribution in [-0.4, -0.2) is 54.6 Å². The van der Waals surface area contributed by atoms with Crippen molar-refractivity contribution >= 4 is 29.3 Å². The molecule has 6 heteroatoms. The fraction of sp³-hybridized carbons (Fsp3) is 0.500. The summed E-state index contributed by atoms with van der Waals surface area (Å²) in [6.45, 7) is 3.09. The Morgan fingerprint density at radius 1 is 1.40 bits per heavy atom. The van der Waals surface area contributed by atoms with Crippen molar-refractivity contribution in [2.24, 2.45) is 0 Å². The number of hydrogen-bond acceptors (Lipinski definition) is 4. The lowest BCUT2D eigenvalue weighted by molar-refractivity contribution is -0.131. The maximum atomic E-state index is 12.3. The number of rotatable bonds is 8. The Kier molecular flexibility index (Phi) is 7.99. The number of ether oxygens (including phenoxy) is 1. The van der Waals surface area contributed by atoms with Gasteiger partial charge in [-0.2, -0.15) is 0 Å². The molecule has 0 bridgehead atoms. The molecule has 1 amide bonds. The van der Waals surface area contributed by atoms with Crippen LogP contribution >= 0.6 is 23.4 Å². The summed E-state index contributed by atoms with van der Waals surface area (Å²) in [5.74, 6) is -0.00366. The molecular formula is C14H20ClNO3S. The highest BCUT2D eigenvalue weighted by atomic mass is 35.5. The topological polar surface area (TPSA) is 49.8 Å². The standard InChI is InChI=1S/C14H20ClNO3S/c1-11(20-13-5-3-12(15)4-6-13)14(18)16(7-9-17)8-10-19-2/h3-6,11,17H,7-10H2,1-2H3. The second kappa shape index (κ2) is 9.23. The van der Waals surface area contributed by atoms with Crippen LogP contribution in [0.3, 0.4) is 0 Å². The number of halogens is 1. The summed E-state index contributed by atoms with van der Waals surface area (Å²) in [7, 11) is 1.59. The predicted molar refractivity (Wildman–Crippen MR) is 82.3 cm³/mol. The molecule has 1 unspecified atom stereocenters. The largest absolute Gasteiger partial charge is 0.395 e. The van der Waals surface area contributed by atoms with E-state index in [1.807, 2.05) is 19.1 Å². The lowest BCUT2D eigenvalue weighted by atomic mass is 10.3. The third-order valence-corrected chi connectivity index (χ3v) is 4.07. The fourth-order valence-corrected chi connectivity index (χ4v) is 2.76. The van der Waals surface area contributed by atoms with E-state index >= 15 is 0 Å². The molecule has 0 aliphatic rings. The minimum atomic E-state index is -0.223. The minimum absolute atomic E-state index is 0.00366. The van der Waals surface area contributed by atoms with Gasteiger partial charge in [0.15, 0.2) is 0 Å². The van der Waals surface area contributed by atoms with Crippen LogP contribution in [0.25, 0.3) is 0 Å². The first-order chi connectivity index (χ1) is 9.58. The molecular weight excluding hydrogens is 298 g/mol. The van der Waals surface area contributed by atoms with Crippen molar-refractivity contribution in [1.29, 1.82) is 0 Å². The zero-order chi connectivity index (χ0) is 15.0. The highest BCUT2D eigenvalue weighted by molar-refractivity contribution is 8.00. The summed E-state index contributed by atoms with van der Waals surface area (Å²) in [6, 6.07) is 7.39. The lowest BCUT2D eigenvalue weighted by Crippen LogP contribution is -2.40. The molecule has 1 aromatic rings. The molecule has 0 saturated carbocycles. The second-order valence-electron chi connectivity index (χ2n) is 4.26. The molecule has 0 heterocycles. The van der Waals surface area contributed by atoms with E-state index in [2.05, 4.69) is 0 Å². The Hall–Kier alpha value is -0.750. The van der Waals surface area contributed by atoms with E-state index in [0.717, 1.165) is 4.90 Å². The third-order valence-electron chi connectivity index (χ3n) is 2.72. The number of thioether (sulfide) groups is 1. The zero-order valence-electron chi connectivity index (χ0n) is 11.7. The average molecular weight is 318 g/mol. The second-order valence-corrected chi connectivity index (χ2v) is 6.11. The number of carbonyl (C=O) groups is 1. The molecule has 112 valence electrons.